The fourth-order valence-electron chi connectivity index (χ4n) is 1.94. The Labute approximate surface area is 115 Å². The summed E-state index contributed by atoms with van der Waals surface area (Å²) in [4.78, 5) is 22.6. The molecule has 1 unspecified atom stereocenters. The van der Waals surface area contributed by atoms with Gasteiger partial charge in [-0.05, 0) is 24.3 Å². The van der Waals surface area contributed by atoms with Crippen LogP contribution in [0, 0.1) is 0 Å². The molecule has 0 bridgehead atoms. The number of carbonyl (C=O) groups is 2. The molecule has 2 aromatic rings. The molecule has 20 heavy (non-hydrogen) atoms. The molecule has 1 atom stereocenters. The van der Waals surface area contributed by atoms with E-state index in [1.165, 1.54) is 0 Å². The molecule has 1 aliphatic rings. The first-order valence-corrected chi connectivity index (χ1v) is 6.07. The highest BCUT2D eigenvalue weighted by molar-refractivity contribution is 6.00. The predicted octanol–water partition coefficient (Wildman–Crippen LogP) is 2.79. The lowest BCUT2D eigenvalue weighted by molar-refractivity contribution is -0.123. The topological polar surface area (TPSA) is 64.6 Å². The first-order valence-electron chi connectivity index (χ1n) is 6.07. The molecule has 0 saturated carbocycles. The van der Waals surface area contributed by atoms with Crippen LogP contribution in [-0.4, -0.2) is 12.0 Å². The third-order valence-corrected chi connectivity index (χ3v) is 2.83. The van der Waals surface area contributed by atoms with Gasteiger partial charge in [0.05, 0.1) is 0 Å². The summed E-state index contributed by atoms with van der Waals surface area (Å²) in [6, 6.07) is 16.2. The van der Waals surface area contributed by atoms with E-state index in [9.17, 15) is 9.59 Å². The van der Waals surface area contributed by atoms with Crippen LogP contribution in [0.4, 0.5) is 4.79 Å². The van der Waals surface area contributed by atoms with E-state index in [1.54, 1.807) is 24.3 Å². The minimum absolute atomic E-state index is 0.466. The molecular weight excluding hydrogens is 258 g/mol. The standard InChI is InChI=1S/C15H11NO4/c17-14-13(20-15(18)16-14)10-5-4-8-12(9-10)19-11-6-2-1-3-7-11/h1-9,13H,(H,16,17,18). The minimum Gasteiger partial charge on any atom is -0.457 e. The number of nitrogens with one attached hydrogen (secondary N) is 1. The Morgan fingerprint density at radius 2 is 1.70 bits per heavy atom. The zero-order valence-electron chi connectivity index (χ0n) is 10.4. The van der Waals surface area contributed by atoms with Crippen molar-refractivity contribution in [3.63, 3.8) is 0 Å². The third kappa shape index (κ3) is 2.47. The maximum Gasteiger partial charge on any atom is 0.415 e. The second kappa shape index (κ2) is 5.05. The van der Waals surface area contributed by atoms with Crippen molar-refractivity contribution < 1.29 is 19.1 Å². The molecule has 5 heteroatoms. The number of alkyl carbamates (subject to hydrolysis) is 1. The van der Waals surface area contributed by atoms with Gasteiger partial charge in [0, 0.05) is 5.56 Å². The van der Waals surface area contributed by atoms with Gasteiger partial charge in [-0.25, -0.2) is 4.79 Å². The number of carbonyl (C=O) groups excluding carboxylic acids is 2. The van der Waals surface area contributed by atoms with Gasteiger partial charge >= 0.3 is 6.09 Å². The van der Waals surface area contributed by atoms with Gasteiger partial charge in [-0.15, -0.1) is 0 Å². The van der Waals surface area contributed by atoms with Crippen molar-refractivity contribution in [2.45, 2.75) is 6.10 Å². The van der Waals surface area contributed by atoms with E-state index in [1.807, 2.05) is 30.3 Å². The van der Waals surface area contributed by atoms with E-state index in [0.717, 1.165) is 0 Å². The molecule has 0 aromatic heterocycles. The number of hydrogen-bond acceptors (Lipinski definition) is 4. The smallest absolute Gasteiger partial charge is 0.415 e. The van der Waals surface area contributed by atoms with E-state index in [2.05, 4.69) is 5.32 Å². The third-order valence-electron chi connectivity index (χ3n) is 2.83. The first-order chi connectivity index (χ1) is 9.72. The molecule has 1 saturated heterocycles. The number of para-hydroxylation sites is 1. The van der Waals surface area contributed by atoms with Crippen LogP contribution in [0.5, 0.6) is 11.5 Å². The van der Waals surface area contributed by atoms with E-state index in [4.69, 9.17) is 9.47 Å². The van der Waals surface area contributed by atoms with Crippen molar-refractivity contribution in [2.75, 3.05) is 0 Å². The summed E-state index contributed by atoms with van der Waals surface area (Å²) in [5.41, 5.74) is 0.571. The number of rotatable bonds is 3. The molecule has 0 spiro atoms. The zero-order valence-corrected chi connectivity index (χ0v) is 10.4. The normalized spacial score (nSPS) is 17.5. The van der Waals surface area contributed by atoms with Crippen LogP contribution in [0.15, 0.2) is 54.6 Å². The fraction of sp³-hybridized carbons (Fsp3) is 0.0667. The first kappa shape index (κ1) is 12.2. The quantitative estimate of drug-likeness (QED) is 0.930. The maximum atomic E-state index is 11.6. The number of amides is 2. The van der Waals surface area contributed by atoms with Gasteiger partial charge in [-0.3, -0.25) is 10.1 Å². The summed E-state index contributed by atoms with van der Waals surface area (Å²) >= 11 is 0. The lowest BCUT2D eigenvalue weighted by atomic mass is 10.1. The van der Waals surface area contributed by atoms with Gasteiger partial charge < -0.3 is 9.47 Å². The van der Waals surface area contributed by atoms with Crippen LogP contribution in [0.3, 0.4) is 0 Å². The van der Waals surface area contributed by atoms with Gasteiger partial charge in [0.2, 0.25) is 6.10 Å². The molecular formula is C15H11NO4. The Kier molecular flexibility index (Phi) is 3.09. The molecule has 2 amide bonds. The average molecular weight is 269 g/mol. The van der Waals surface area contributed by atoms with Gasteiger partial charge in [-0.1, -0.05) is 30.3 Å². The van der Waals surface area contributed by atoms with Crippen LogP contribution in [0.25, 0.3) is 0 Å². The molecule has 0 aliphatic carbocycles. The van der Waals surface area contributed by atoms with E-state index in [-0.39, 0.29) is 0 Å². The monoisotopic (exact) mass is 269 g/mol. The molecule has 2 aromatic carbocycles. The van der Waals surface area contributed by atoms with Crippen molar-refractivity contribution in [3.8, 4) is 11.5 Å². The molecule has 3 rings (SSSR count). The average Bonchev–Trinajstić information content (AvgIpc) is 2.79. The summed E-state index contributed by atoms with van der Waals surface area (Å²) in [6.07, 6.45) is -1.64. The van der Waals surface area contributed by atoms with Gasteiger partial charge in [0.15, 0.2) is 0 Å². The number of hydrogen-bond donors (Lipinski definition) is 1. The maximum absolute atomic E-state index is 11.6. The number of cyclic esters (lactones) is 1. The molecule has 100 valence electrons. The van der Waals surface area contributed by atoms with Crippen molar-refractivity contribution >= 4 is 12.0 Å². The van der Waals surface area contributed by atoms with Crippen molar-refractivity contribution in [3.05, 3.63) is 60.2 Å². The Hall–Kier alpha value is -2.82. The molecule has 1 fully saturated rings. The summed E-state index contributed by atoms with van der Waals surface area (Å²) in [5, 5.41) is 2.09. The van der Waals surface area contributed by atoms with Crippen molar-refractivity contribution in [2.24, 2.45) is 0 Å². The Morgan fingerprint density at radius 3 is 2.40 bits per heavy atom. The Bertz CT molecular complexity index is 654. The second-order valence-corrected chi connectivity index (χ2v) is 4.26. The zero-order chi connectivity index (χ0) is 13.9. The number of benzene rings is 2. The van der Waals surface area contributed by atoms with Crippen LogP contribution < -0.4 is 10.1 Å². The SMILES string of the molecule is O=C1NC(=O)C(c2cccc(Oc3ccccc3)c2)O1. The van der Waals surface area contributed by atoms with Gasteiger partial charge in [-0.2, -0.15) is 0 Å². The molecule has 0 radical (unpaired) electrons. The van der Waals surface area contributed by atoms with Crippen LogP contribution in [0.2, 0.25) is 0 Å². The molecule has 1 N–H and O–H groups in total. The fourth-order valence-corrected chi connectivity index (χ4v) is 1.94. The molecule has 1 aliphatic heterocycles. The van der Waals surface area contributed by atoms with Gasteiger partial charge in [0.25, 0.3) is 5.91 Å². The summed E-state index contributed by atoms with van der Waals surface area (Å²) in [5.74, 6) is 0.800. The second-order valence-electron chi connectivity index (χ2n) is 4.26. The highest BCUT2D eigenvalue weighted by Crippen LogP contribution is 2.27. The predicted molar refractivity (Wildman–Crippen MR) is 70.3 cm³/mol. The number of imide groups is 1. The highest BCUT2D eigenvalue weighted by Gasteiger charge is 2.33. The Morgan fingerprint density at radius 1 is 0.950 bits per heavy atom. The summed E-state index contributed by atoms with van der Waals surface area (Å²) in [6.45, 7) is 0. The van der Waals surface area contributed by atoms with Gasteiger partial charge in [0.1, 0.15) is 11.5 Å². The highest BCUT2D eigenvalue weighted by atomic mass is 16.6. The Balaban J connectivity index is 1.83. The number of ether oxygens (including phenoxy) is 2. The van der Waals surface area contributed by atoms with Crippen molar-refractivity contribution in [1.82, 2.24) is 5.32 Å². The molecule has 1 heterocycles. The molecule has 5 nitrogen and oxygen atoms in total. The van der Waals surface area contributed by atoms with Crippen LogP contribution in [0.1, 0.15) is 11.7 Å². The van der Waals surface area contributed by atoms with Crippen LogP contribution in [-0.2, 0) is 9.53 Å². The lowest BCUT2D eigenvalue weighted by Crippen LogP contribution is -2.20. The van der Waals surface area contributed by atoms with Crippen molar-refractivity contribution in [1.29, 1.82) is 0 Å². The largest absolute Gasteiger partial charge is 0.457 e. The van der Waals surface area contributed by atoms with Crippen LogP contribution >= 0.6 is 0 Å². The van der Waals surface area contributed by atoms with E-state index >= 15 is 0 Å². The van der Waals surface area contributed by atoms with E-state index in [0.29, 0.717) is 17.1 Å². The lowest BCUT2D eigenvalue weighted by Gasteiger charge is -2.10. The van der Waals surface area contributed by atoms with E-state index < -0.39 is 18.1 Å². The summed E-state index contributed by atoms with van der Waals surface area (Å²) in [7, 11) is 0. The summed E-state index contributed by atoms with van der Waals surface area (Å²) < 4.78 is 10.6. The minimum atomic E-state index is -0.915.